The molecule has 3 heterocycles. The molecule has 0 aromatic heterocycles. The van der Waals surface area contributed by atoms with Gasteiger partial charge in [0.05, 0.1) is 42.5 Å². The molecule has 5 aliphatic rings. The molecule has 0 unspecified atom stereocenters. The van der Waals surface area contributed by atoms with E-state index in [0.29, 0.717) is 55.9 Å². The van der Waals surface area contributed by atoms with Crippen molar-refractivity contribution in [2.45, 2.75) is 87.4 Å². The molecule has 11 nitrogen and oxygen atoms in total. The first-order valence-electron chi connectivity index (χ1n) is 17.9. The van der Waals surface area contributed by atoms with Crippen LogP contribution in [0.4, 0.5) is 10.5 Å². The van der Waals surface area contributed by atoms with Crippen LogP contribution in [0.1, 0.15) is 64.5 Å². The van der Waals surface area contributed by atoms with E-state index >= 15 is 0 Å². The Kier molecular flexibility index (Phi) is 9.60. The zero-order valence-electron chi connectivity index (χ0n) is 29.8. The van der Waals surface area contributed by atoms with Crippen molar-refractivity contribution in [1.29, 1.82) is 0 Å². The molecule has 276 valence electrons. The Morgan fingerprint density at radius 3 is 2.65 bits per heavy atom. The summed E-state index contributed by atoms with van der Waals surface area (Å²) in [6.45, 7) is 9.91. The van der Waals surface area contributed by atoms with Gasteiger partial charge >= 0.3 is 6.09 Å². The van der Waals surface area contributed by atoms with Crippen molar-refractivity contribution >= 4 is 39.3 Å². The zero-order chi connectivity index (χ0) is 36.2. The number of sulfonamides is 1. The van der Waals surface area contributed by atoms with Gasteiger partial charge in [0, 0.05) is 36.0 Å². The first kappa shape index (κ1) is 36.1. The van der Waals surface area contributed by atoms with Gasteiger partial charge in [-0.05, 0) is 113 Å². The largest absolute Gasteiger partial charge is 0.490 e. The normalized spacial score (nSPS) is 30.4. The number of morpholine rings is 1. The monoisotopic (exact) mass is 741 g/mol. The Morgan fingerprint density at radius 1 is 1.06 bits per heavy atom. The predicted molar refractivity (Wildman–Crippen MR) is 193 cm³/mol. The fraction of sp³-hybridized carbons (Fsp3) is 0.579. The van der Waals surface area contributed by atoms with Gasteiger partial charge in [0.1, 0.15) is 17.5 Å². The molecular weight excluding hydrogens is 694 g/mol. The minimum atomic E-state index is -4.25. The molecule has 2 aliphatic carbocycles. The second-order valence-corrected chi connectivity index (χ2v) is 17.9. The summed E-state index contributed by atoms with van der Waals surface area (Å²) in [4.78, 5) is 30.8. The van der Waals surface area contributed by atoms with Crippen LogP contribution in [0.25, 0.3) is 0 Å². The van der Waals surface area contributed by atoms with Crippen molar-refractivity contribution < 1.29 is 37.0 Å². The van der Waals surface area contributed by atoms with Gasteiger partial charge in [-0.2, -0.15) is 0 Å². The third-order valence-electron chi connectivity index (χ3n) is 11.2. The Balaban J connectivity index is 1.27. The highest BCUT2D eigenvalue weighted by Crippen LogP contribution is 2.47. The van der Waals surface area contributed by atoms with Crippen LogP contribution in [-0.2, 0) is 40.9 Å². The molecular formula is C38H48ClN3O8S. The summed E-state index contributed by atoms with van der Waals surface area (Å²) in [5.41, 5.74) is 0.758. The van der Waals surface area contributed by atoms with Crippen molar-refractivity contribution in [3.63, 3.8) is 0 Å². The number of benzene rings is 2. The molecule has 2 aromatic carbocycles. The van der Waals surface area contributed by atoms with Gasteiger partial charge in [-0.1, -0.05) is 23.7 Å². The summed E-state index contributed by atoms with van der Waals surface area (Å²) in [5, 5.41) is 0.700. The molecule has 1 saturated heterocycles. The van der Waals surface area contributed by atoms with Crippen molar-refractivity contribution in [2.75, 3.05) is 50.9 Å². The lowest BCUT2D eigenvalue weighted by Gasteiger charge is -2.46. The lowest BCUT2D eigenvalue weighted by atomic mass is 9.68. The summed E-state index contributed by atoms with van der Waals surface area (Å²) < 4.78 is 54.1. The number of carbonyl (C=O) groups is 2. The first-order chi connectivity index (χ1) is 24.1. The van der Waals surface area contributed by atoms with Gasteiger partial charge in [0.25, 0.3) is 15.9 Å². The number of anilines is 1. The molecule has 2 fully saturated rings. The summed E-state index contributed by atoms with van der Waals surface area (Å²) in [6.07, 6.45) is 7.26. The molecule has 0 radical (unpaired) electrons. The standard InChI is InChI=1S/C38H48ClN3O8S/c1-36(2)22-41(16-18-48-36)35(44)50-32-8-6-17-49-37(3,4)34(43)40-51(45,46)28-11-14-33-31(20-28)42(21-26-9-12-29(26)32)23-38(24-47-33)15-5-7-25-19-27(39)10-13-30(25)38/h6,8,10-11,13-14,19-20,26,29,32H,5,7,9,12,15-18,21-24H2,1-4H3,(H,40,43)/b8-6+/t26-,29+,32-,38-/m0/s1. The number of ether oxygens (including phenoxy) is 4. The molecule has 7 rings (SSSR count). The molecule has 4 atom stereocenters. The summed E-state index contributed by atoms with van der Waals surface area (Å²) >= 11 is 6.45. The quantitative estimate of drug-likeness (QED) is 0.371. The number of aryl methyl sites for hydroxylation is 1. The Hall–Kier alpha value is -3.32. The fourth-order valence-electron chi connectivity index (χ4n) is 8.25. The maximum Gasteiger partial charge on any atom is 0.410 e. The van der Waals surface area contributed by atoms with Gasteiger partial charge in [-0.3, -0.25) is 4.79 Å². The smallest absolute Gasteiger partial charge is 0.410 e. The van der Waals surface area contributed by atoms with Crippen LogP contribution in [0.2, 0.25) is 5.02 Å². The lowest BCUT2D eigenvalue weighted by Crippen LogP contribution is -2.53. The van der Waals surface area contributed by atoms with Gasteiger partial charge in [0.15, 0.2) is 0 Å². The molecule has 1 N–H and O–H groups in total. The van der Waals surface area contributed by atoms with E-state index in [-0.39, 0.29) is 34.8 Å². The molecule has 2 amide bonds. The number of rotatable bonds is 1. The van der Waals surface area contributed by atoms with E-state index in [4.69, 9.17) is 30.5 Å². The van der Waals surface area contributed by atoms with Crippen molar-refractivity contribution in [3.05, 3.63) is 64.7 Å². The van der Waals surface area contributed by atoms with E-state index in [9.17, 15) is 18.0 Å². The van der Waals surface area contributed by atoms with Crippen molar-refractivity contribution in [2.24, 2.45) is 11.8 Å². The second kappa shape index (κ2) is 13.6. The fourth-order valence-corrected chi connectivity index (χ4v) is 9.56. The predicted octanol–water partition coefficient (Wildman–Crippen LogP) is 5.63. The summed E-state index contributed by atoms with van der Waals surface area (Å²) in [5.74, 6) is -0.0670. The van der Waals surface area contributed by atoms with Crippen LogP contribution < -0.4 is 14.4 Å². The molecule has 1 spiro atoms. The highest BCUT2D eigenvalue weighted by atomic mass is 35.5. The van der Waals surface area contributed by atoms with Crippen LogP contribution in [0.3, 0.4) is 0 Å². The van der Waals surface area contributed by atoms with Crippen LogP contribution >= 0.6 is 11.6 Å². The number of halogens is 1. The lowest BCUT2D eigenvalue weighted by molar-refractivity contribution is -0.139. The number of hydrogen-bond donors (Lipinski definition) is 1. The molecule has 13 heteroatoms. The zero-order valence-corrected chi connectivity index (χ0v) is 31.4. The van der Waals surface area contributed by atoms with Gasteiger partial charge in [-0.15, -0.1) is 0 Å². The molecule has 2 bridgehead atoms. The topological polar surface area (TPSA) is 124 Å². The van der Waals surface area contributed by atoms with E-state index in [1.165, 1.54) is 31.0 Å². The van der Waals surface area contributed by atoms with Crippen molar-refractivity contribution in [1.82, 2.24) is 9.62 Å². The van der Waals surface area contributed by atoms with Crippen LogP contribution in [0.5, 0.6) is 5.75 Å². The van der Waals surface area contributed by atoms with E-state index in [2.05, 4.69) is 15.7 Å². The minimum absolute atomic E-state index is 0.0106. The molecule has 2 aromatic rings. The Labute approximate surface area is 305 Å². The number of carbonyl (C=O) groups excluding carboxylic acids is 2. The van der Waals surface area contributed by atoms with Crippen LogP contribution in [0, 0.1) is 11.8 Å². The average molecular weight is 742 g/mol. The van der Waals surface area contributed by atoms with Crippen LogP contribution in [-0.4, -0.2) is 88.6 Å². The average Bonchev–Trinajstić information content (AvgIpc) is 3.20. The third-order valence-corrected chi connectivity index (χ3v) is 12.8. The summed E-state index contributed by atoms with van der Waals surface area (Å²) in [6, 6.07) is 10.9. The first-order valence-corrected chi connectivity index (χ1v) is 19.8. The second-order valence-electron chi connectivity index (χ2n) is 15.8. The maximum atomic E-state index is 13.7. The van der Waals surface area contributed by atoms with E-state index in [1.54, 1.807) is 23.1 Å². The molecule has 3 aliphatic heterocycles. The van der Waals surface area contributed by atoms with E-state index in [0.717, 1.165) is 32.1 Å². The molecule has 1 saturated carbocycles. The Morgan fingerprint density at radius 2 is 1.88 bits per heavy atom. The highest BCUT2D eigenvalue weighted by molar-refractivity contribution is 7.90. The number of amides is 2. The molecule has 51 heavy (non-hydrogen) atoms. The van der Waals surface area contributed by atoms with Gasteiger partial charge in [0.2, 0.25) is 0 Å². The van der Waals surface area contributed by atoms with E-state index < -0.39 is 33.2 Å². The SMILES string of the molecule is CC1(C)CN(C(=O)O[C@H]2/C=C/COC(C)(C)C(=O)NS(=O)(=O)c3ccc4c(c3)N(C[C@@H]3CC[C@H]32)C[C@@]2(CCCc3cc(Cl)ccc32)CO4)CCO1. The minimum Gasteiger partial charge on any atom is -0.490 e. The third kappa shape index (κ3) is 7.34. The highest BCUT2D eigenvalue weighted by Gasteiger charge is 2.46. The van der Waals surface area contributed by atoms with E-state index in [1.807, 2.05) is 32.1 Å². The van der Waals surface area contributed by atoms with Gasteiger partial charge < -0.3 is 28.7 Å². The van der Waals surface area contributed by atoms with Crippen LogP contribution in [0.15, 0.2) is 53.4 Å². The Bertz CT molecular complexity index is 1830. The van der Waals surface area contributed by atoms with Crippen molar-refractivity contribution in [3.8, 4) is 5.75 Å². The maximum absolute atomic E-state index is 13.7. The number of fused-ring (bicyclic) bond motifs is 4. The number of hydrogen-bond acceptors (Lipinski definition) is 9. The summed E-state index contributed by atoms with van der Waals surface area (Å²) in [7, 11) is -4.25. The van der Waals surface area contributed by atoms with Gasteiger partial charge in [-0.25, -0.2) is 17.9 Å². The number of nitrogens with one attached hydrogen (secondary N) is 1. The number of nitrogens with zero attached hydrogens (tertiary/aromatic N) is 2.